The quantitative estimate of drug-likeness (QED) is 0.754. The van der Waals surface area contributed by atoms with Crippen molar-refractivity contribution < 1.29 is 8.42 Å². The van der Waals surface area contributed by atoms with Crippen molar-refractivity contribution in [3.63, 3.8) is 0 Å². The first kappa shape index (κ1) is 16.1. The molecule has 1 aromatic carbocycles. The average Bonchev–Trinajstić information content (AvgIpc) is 2.43. The molecule has 19 heavy (non-hydrogen) atoms. The van der Waals surface area contributed by atoms with E-state index in [1.165, 1.54) is 4.31 Å². The highest BCUT2D eigenvalue weighted by atomic mass is 32.2. The van der Waals surface area contributed by atoms with Gasteiger partial charge in [-0.15, -0.1) is 0 Å². The second-order valence-corrected chi connectivity index (χ2v) is 6.38. The Morgan fingerprint density at radius 1 is 1.21 bits per heavy atom. The summed E-state index contributed by atoms with van der Waals surface area (Å²) >= 11 is 0. The molecule has 3 N–H and O–H groups in total. The van der Waals surface area contributed by atoms with Crippen molar-refractivity contribution in [1.29, 1.82) is 0 Å². The Morgan fingerprint density at radius 3 is 2.32 bits per heavy atom. The number of rotatable bonds is 8. The number of nitrogens with two attached hydrogens (primary N) is 1. The lowest BCUT2D eigenvalue weighted by molar-refractivity contribution is 0.448. The number of unbranched alkanes of at least 4 members (excludes halogenated alkanes) is 1. The number of hydrogen-bond acceptors (Lipinski definition) is 3. The van der Waals surface area contributed by atoms with E-state index in [4.69, 9.17) is 5.73 Å². The molecule has 0 spiro atoms. The summed E-state index contributed by atoms with van der Waals surface area (Å²) in [7, 11) is -1.79. The molecule has 1 rings (SSSR count). The van der Waals surface area contributed by atoms with Gasteiger partial charge < -0.3 is 5.73 Å². The van der Waals surface area contributed by atoms with Gasteiger partial charge in [0.25, 0.3) is 10.2 Å². The van der Waals surface area contributed by atoms with Crippen LogP contribution in [0.1, 0.15) is 30.9 Å². The molecule has 0 amide bonds. The van der Waals surface area contributed by atoms with Gasteiger partial charge in [-0.05, 0) is 17.5 Å². The minimum Gasteiger partial charge on any atom is -0.326 e. The van der Waals surface area contributed by atoms with Crippen LogP contribution in [-0.2, 0) is 23.3 Å². The standard InChI is InChI=1S/C13H23N3O2S/c1-3-4-9-16(2)19(17,18)15-11-13-7-5-12(10-14)6-8-13/h5-8,15H,3-4,9-11,14H2,1-2H3. The number of benzene rings is 1. The first-order valence-corrected chi connectivity index (χ1v) is 7.92. The van der Waals surface area contributed by atoms with Crippen LogP contribution >= 0.6 is 0 Å². The summed E-state index contributed by atoms with van der Waals surface area (Å²) in [5, 5.41) is 0. The minimum absolute atomic E-state index is 0.295. The molecule has 0 heterocycles. The van der Waals surface area contributed by atoms with Gasteiger partial charge in [0.15, 0.2) is 0 Å². The summed E-state index contributed by atoms with van der Waals surface area (Å²) in [6.45, 7) is 3.36. The molecule has 0 unspecified atom stereocenters. The summed E-state index contributed by atoms with van der Waals surface area (Å²) in [6, 6.07) is 7.59. The number of nitrogens with zero attached hydrogens (tertiary/aromatic N) is 1. The van der Waals surface area contributed by atoms with E-state index in [1.54, 1.807) is 7.05 Å². The molecule has 0 aromatic heterocycles. The van der Waals surface area contributed by atoms with Gasteiger partial charge in [0.2, 0.25) is 0 Å². The van der Waals surface area contributed by atoms with E-state index in [9.17, 15) is 8.42 Å². The fourth-order valence-corrected chi connectivity index (χ4v) is 2.52. The molecule has 5 nitrogen and oxygen atoms in total. The monoisotopic (exact) mass is 285 g/mol. The second kappa shape index (κ2) is 7.59. The largest absolute Gasteiger partial charge is 0.326 e. The van der Waals surface area contributed by atoms with Gasteiger partial charge in [-0.25, -0.2) is 0 Å². The third-order valence-electron chi connectivity index (χ3n) is 2.95. The molecule has 108 valence electrons. The van der Waals surface area contributed by atoms with Gasteiger partial charge in [0.1, 0.15) is 0 Å². The summed E-state index contributed by atoms with van der Waals surface area (Å²) in [6.07, 6.45) is 1.84. The molecule has 0 radical (unpaired) electrons. The summed E-state index contributed by atoms with van der Waals surface area (Å²) in [4.78, 5) is 0. The van der Waals surface area contributed by atoms with Crippen molar-refractivity contribution in [3.05, 3.63) is 35.4 Å². The van der Waals surface area contributed by atoms with Gasteiger partial charge in [-0.1, -0.05) is 37.6 Å². The molecule has 0 aliphatic heterocycles. The Hall–Kier alpha value is -0.950. The lowest BCUT2D eigenvalue weighted by Crippen LogP contribution is -2.38. The normalized spacial score (nSPS) is 12.0. The topological polar surface area (TPSA) is 75.4 Å². The van der Waals surface area contributed by atoms with Crippen LogP contribution in [0, 0.1) is 0 Å². The van der Waals surface area contributed by atoms with Gasteiger partial charge >= 0.3 is 0 Å². The maximum absolute atomic E-state index is 11.9. The molecular formula is C13H23N3O2S. The van der Waals surface area contributed by atoms with Crippen molar-refractivity contribution in [1.82, 2.24) is 9.03 Å². The van der Waals surface area contributed by atoms with E-state index in [2.05, 4.69) is 4.72 Å². The Kier molecular flexibility index (Phi) is 6.44. The van der Waals surface area contributed by atoms with Crippen LogP contribution in [0.15, 0.2) is 24.3 Å². The molecule has 6 heteroatoms. The average molecular weight is 285 g/mol. The summed E-state index contributed by atoms with van der Waals surface area (Å²) < 4.78 is 27.8. The maximum atomic E-state index is 11.9. The highest BCUT2D eigenvalue weighted by molar-refractivity contribution is 7.87. The summed E-state index contributed by atoms with van der Waals surface area (Å²) in [5.41, 5.74) is 7.47. The van der Waals surface area contributed by atoms with E-state index in [-0.39, 0.29) is 0 Å². The molecule has 0 aliphatic carbocycles. The third kappa shape index (κ3) is 5.28. The molecule has 0 aliphatic rings. The first-order valence-electron chi connectivity index (χ1n) is 6.48. The van der Waals surface area contributed by atoms with Crippen molar-refractivity contribution in [3.8, 4) is 0 Å². The van der Waals surface area contributed by atoms with Crippen LogP contribution < -0.4 is 10.5 Å². The first-order chi connectivity index (χ1) is 8.99. The number of nitrogens with one attached hydrogen (secondary N) is 1. The highest BCUT2D eigenvalue weighted by Crippen LogP contribution is 2.05. The van der Waals surface area contributed by atoms with Crippen LogP contribution in [0.5, 0.6) is 0 Å². The van der Waals surface area contributed by atoms with Crippen LogP contribution in [0.3, 0.4) is 0 Å². The predicted octanol–water partition coefficient (Wildman–Crippen LogP) is 1.21. The molecule has 0 atom stereocenters. The minimum atomic E-state index is -3.39. The zero-order valence-corrected chi connectivity index (χ0v) is 12.4. The fourth-order valence-electron chi connectivity index (χ4n) is 1.58. The van der Waals surface area contributed by atoms with Crippen LogP contribution in [0.2, 0.25) is 0 Å². The fraction of sp³-hybridized carbons (Fsp3) is 0.538. The van der Waals surface area contributed by atoms with Gasteiger partial charge in [0, 0.05) is 26.7 Å². The van der Waals surface area contributed by atoms with Crippen molar-refractivity contribution >= 4 is 10.2 Å². The molecular weight excluding hydrogens is 262 g/mol. The van der Waals surface area contributed by atoms with Gasteiger partial charge in [0.05, 0.1) is 0 Å². The van der Waals surface area contributed by atoms with Crippen LogP contribution in [-0.4, -0.2) is 26.3 Å². The van der Waals surface area contributed by atoms with Crippen LogP contribution in [0.25, 0.3) is 0 Å². The van der Waals surface area contributed by atoms with Crippen molar-refractivity contribution in [2.45, 2.75) is 32.9 Å². The highest BCUT2D eigenvalue weighted by Gasteiger charge is 2.15. The van der Waals surface area contributed by atoms with Crippen molar-refractivity contribution in [2.24, 2.45) is 5.73 Å². The van der Waals surface area contributed by atoms with Crippen molar-refractivity contribution in [2.75, 3.05) is 13.6 Å². The lowest BCUT2D eigenvalue weighted by atomic mass is 10.1. The maximum Gasteiger partial charge on any atom is 0.279 e. The molecule has 0 saturated carbocycles. The Labute approximate surface area is 116 Å². The molecule has 1 aromatic rings. The molecule has 0 saturated heterocycles. The third-order valence-corrected chi connectivity index (χ3v) is 4.47. The predicted molar refractivity (Wildman–Crippen MR) is 77.6 cm³/mol. The molecule has 0 fully saturated rings. The second-order valence-electron chi connectivity index (χ2n) is 4.52. The summed E-state index contributed by atoms with van der Waals surface area (Å²) in [5.74, 6) is 0. The van der Waals surface area contributed by atoms with E-state index in [1.807, 2.05) is 31.2 Å². The van der Waals surface area contributed by atoms with Crippen LogP contribution in [0.4, 0.5) is 0 Å². The zero-order chi connectivity index (χ0) is 14.3. The van der Waals surface area contributed by atoms with E-state index < -0.39 is 10.2 Å². The number of hydrogen-bond donors (Lipinski definition) is 2. The van der Waals surface area contributed by atoms with Gasteiger partial charge in [-0.2, -0.15) is 17.4 Å². The lowest BCUT2D eigenvalue weighted by Gasteiger charge is -2.17. The van der Waals surface area contributed by atoms with Gasteiger partial charge in [-0.3, -0.25) is 0 Å². The van der Waals surface area contributed by atoms with E-state index >= 15 is 0 Å². The SMILES string of the molecule is CCCCN(C)S(=O)(=O)NCc1ccc(CN)cc1. The molecule has 0 bridgehead atoms. The van der Waals surface area contributed by atoms with E-state index in [0.717, 1.165) is 24.0 Å². The Morgan fingerprint density at radius 2 is 1.79 bits per heavy atom. The Balaban J connectivity index is 2.54. The van der Waals surface area contributed by atoms with E-state index in [0.29, 0.717) is 19.6 Å². The zero-order valence-electron chi connectivity index (χ0n) is 11.6. The smallest absolute Gasteiger partial charge is 0.279 e. The Bertz CT molecular complexity index is 471.